The molecule has 2 aromatic heterocycles. The lowest BCUT2D eigenvalue weighted by Gasteiger charge is -2.12. The highest BCUT2D eigenvalue weighted by atomic mass is 32.2. The average Bonchev–Trinajstić information content (AvgIpc) is 3.08. The lowest BCUT2D eigenvalue weighted by Crippen LogP contribution is -2.13. The molecule has 0 saturated heterocycles. The van der Waals surface area contributed by atoms with E-state index in [9.17, 15) is 8.42 Å². The van der Waals surface area contributed by atoms with Crippen molar-refractivity contribution < 1.29 is 17.9 Å². The smallest absolute Gasteiger partial charge is 0.261 e. The van der Waals surface area contributed by atoms with Crippen LogP contribution in [0.2, 0.25) is 0 Å². The number of rotatable bonds is 8. The van der Waals surface area contributed by atoms with Gasteiger partial charge in [0.25, 0.3) is 10.0 Å². The molecule has 4 aromatic rings. The van der Waals surface area contributed by atoms with Gasteiger partial charge in [0.05, 0.1) is 17.2 Å². The monoisotopic (exact) mass is 507 g/mol. The van der Waals surface area contributed by atoms with Gasteiger partial charge in [0, 0.05) is 17.4 Å². The molecule has 0 unspecified atom stereocenters. The number of hydrogen-bond donors (Lipinski definition) is 1. The highest BCUT2D eigenvalue weighted by Gasteiger charge is 2.16. The molecule has 0 radical (unpaired) electrons. The van der Waals surface area contributed by atoms with Crippen LogP contribution in [0.15, 0.2) is 53.4 Å². The van der Waals surface area contributed by atoms with Crippen LogP contribution < -0.4 is 14.2 Å². The van der Waals surface area contributed by atoms with E-state index in [-0.39, 0.29) is 4.90 Å². The summed E-state index contributed by atoms with van der Waals surface area (Å²) in [7, 11) is -3.76. The molecule has 4 rings (SSSR count). The predicted octanol–water partition coefficient (Wildman–Crippen LogP) is 5.20. The van der Waals surface area contributed by atoms with Crippen LogP contribution >= 0.6 is 0 Å². The lowest BCUT2D eigenvalue weighted by molar-refractivity contribution is 0.337. The zero-order valence-corrected chi connectivity index (χ0v) is 22.0. The number of sulfonamides is 1. The molecular formula is C26H29N5O4S. The molecule has 0 atom stereocenters. The summed E-state index contributed by atoms with van der Waals surface area (Å²) in [5.74, 6) is 2.68. The number of aryl methyl sites for hydroxylation is 3. The number of benzene rings is 2. The van der Waals surface area contributed by atoms with Crippen molar-refractivity contribution in [1.82, 2.24) is 19.7 Å². The molecule has 10 heteroatoms. The zero-order valence-electron chi connectivity index (χ0n) is 21.2. The summed E-state index contributed by atoms with van der Waals surface area (Å²) in [6.45, 7) is 12.0. The Morgan fingerprint density at radius 2 is 1.67 bits per heavy atom. The molecular weight excluding hydrogens is 478 g/mol. The van der Waals surface area contributed by atoms with E-state index < -0.39 is 10.0 Å². The van der Waals surface area contributed by atoms with Crippen LogP contribution in [0.1, 0.15) is 35.3 Å². The molecule has 0 aliphatic carbocycles. The largest absolute Gasteiger partial charge is 0.494 e. The van der Waals surface area contributed by atoms with Gasteiger partial charge in [-0.3, -0.25) is 4.72 Å². The Kier molecular flexibility index (Phi) is 6.98. The quantitative estimate of drug-likeness (QED) is 0.349. The summed E-state index contributed by atoms with van der Waals surface area (Å²) in [6.07, 6.45) is 0. The number of aromatic nitrogens is 4. The summed E-state index contributed by atoms with van der Waals surface area (Å²) < 4.78 is 41.5. The number of ether oxygens (including phenoxy) is 2. The van der Waals surface area contributed by atoms with E-state index in [4.69, 9.17) is 9.47 Å². The maximum atomic E-state index is 12.9. The molecule has 0 bridgehead atoms. The predicted molar refractivity (Wildman–Crippen MR) is 138 cm³/mol. The van der Waals surface area contributed by atoms with E-state index in [1.807, 2.05) is 34.6 Å². The maximum absolute atomic E-state index is 12.9. The van der Waals surface area contributed by atoms with Crippen molar-refractivity contribution in [2.75, 3.05) is 11.3 Å². The van der Waals surface area contributed by atoms with Gasteiger partial charge >= 0.3 is 0 Å². The van der Waals surface area contributed by atoms with Crippen LogP contribution in [-0.4, -0.2) is 34.8 Å². The van der Waals surface area contributed by atoms with E-state index >= 15 is 0 Å². The first kappa shape index (κ1) is 25.2. The summed E-state index contributed by atoms with van der Waals surface area (Å²) in [4.78, 5) is 9.02. The standard InChI is InChI=1S/C26H29N5O4S/c1-7-34-24-13-12-23(14-16(24)2)36(32,33)30-21-8-10-22(11-9-21)35-26-15-25(27-20(6)28-26)31-19(5)17(3)18(4)29-31/h8-15,30H,7H2,1-6H3. The van der Waals surface area contributed by atoms with E-state index in [0.717, 1.165) is 22.5 Å². The molecule has 188 valence electrons. The highest BCUT2D eigenvalue weighted by molar-refractivity contribution is 7.92. The molecule has 0 saturated carbocycles. The zero-order chi connectivity index (χ0) is 26.0. The van der Waals surface area contributed by atoms with Gasteiger partial charge in [-0.2, -0.15) is 10.1 Å². The maximum Gasteiger partial charge on any atom is 0.261 e. The Morgan fingerprint density at radius 3 is 2.28 bits per heavy atom. The lowest BCUT2D eigenvalue weighted by atomic mass is 10.2. The molecule has 0 aliphatic rings. The second-order valence-corrected chi connectivity index (χ2v) is 10.1. The van der Waals surface area contributed by atoms with Crippen molar-refractivity contribution >= 4 is 15.7 Å². The molecule has 2 heterocycles. The molecule has 9 nitrogen and oxygen atoms in total. The fourth-order valence-corrected chi connectivity index (χ4v) is 4.81. The second-order valence-electron chi connectivity index (χ2n) is 8.41. The van der Waals surface area contributed by atoms with Gasteiger partial charge in [-0.25, -0.2) is 18.1 Å². The van der Waals surface area contributed by atoms with Crippen LogP contribution in [-0.2, 0) is 10.0 Å². The molecule has 0 amide bonds. The first-order chi connectivity index (χ1) is 17.1. The summed E-state index contributed by atoms with van der Waals surface area (Å²) in [5, 5.41) is 4.56. The van der Waals surface area contributed by atoms with E-state index in [1.165, 1.54) is 6.07 Å². The number of nitrogens with zero attached hydrogens (tertiary/aromatic N) is 4. The van der Waals surface area contributed by atoms with E-state index in [1.54, 1.807) is 54.1 Å². The fourth-order valence-electron chi connectivity index (χ4n) is 3.66. The van der Waals surface area contributed by atoms with Gasteiger partial charge in [0.2, 0.25) is 5.88 Å². The molecule has 2 aromatic carbocycles. The summed E-state index contributed by atoms with van der Waals surface area (Å²) in [5.41, 5.74) is 4.19. The van der Waals surface area contributed by atoms with Gasteiger partial charge < -0.3 is 9.47 Å². The minimum Gasteiger partial charge on any atom is -0.494 e. The van der Waals surface area contributed by atoms with Crippen LogP contribution in [0.3, 0.4) is 0 Å². The molecule has 0 spiro atoms. The minimum atomic E-state index is -3.76. The Balaban J connectivity index is 1.51. The molecule has 36 heavy (non-hydrogen) atoms. The molecule has 0 fully saturated rings. The van der Waals surface area contributed by atoms with Crippen molar-refractivity contribution in [3.63, 3.8) is 0 Å². The Bertz CT molecular complexity index is 1510. The van der Waals surface area contributed by atoms with E-state index in [0.29, 0.717) is 41.3 Å². The van der Waals surface area contributed by atoms with Crippen LogP contribution in [0.5, 0.6) is 17.4 Å². The average molecular weight is 508 g/mol. The topological polar surface area (TPSA) is 108 Å². The SMILES string of the molecule is CCOc1ccc(S(=O)(=O)Nc2ccc(Oc3cc(-n4nc(C)c(C)c4C)nc(C)n3)cc2)cc1C. The van der Waals surface area contributed by atoms with Crippen molar-refractivity contribution in [2.24, 2.45) is 0 Å². The third-order valence-electron chi connectivity index (χ3n) is 5.76. The van der Waals surface area contributed by atoms with Gasteiger partial charge in [0.15, 0.2) is 5.82 Å². The molecule has 1 N–H and O–H groups in total. The van der Waals surface area contributed by atoms with Crippen molar-refractivity contribution in [1.29, 1.82) is 0 Å². The van der Waals surface area contributed by atoms with Crippen LogP contribution in [0.25, 0.3) is 5.82 Å². The normalized spacial score (nSPS) is 11.4. The van der Waals surface area contributed by atoms with Gasteiger partial charge in [-0.1, -0.05) is 0 Å². The van der Waals surface area contributed by atoms with Crippen molar-refractivity contribution in [3.8, 4) is 23.2 Å². The second kappa shape index (κ2) is 9.98. The van der Waals surface area contributed by atoms with Gasteiger partial charge in [0.1, 0.15) is 17.3 Å². The first-order valence-electron chi connectivity index (χ1n) is 11.5. The van der Waals surface area contributed by atoms with Crippen molar-refractivity contribution in [3.05, 3.63) is 76.9 Å². The fraction of sp³-hybridized carbons (Fsp3) is 0.269. The summed E-state index contributed by atoms with van der Waals surface area (Å²) in [6, 6.07) is 13.1. The molecule has 0 aliphatic heterocycles. The van der Waals surface area contributed by atoms with Gasteiger partial charge in [-0.05, 0) is 95.1 Å². The van der Waals surface area contributed by atoms with E-state index in [2.05, 4.69) is 19.8 Å². The van der Waals surface area contributed by atoms with Crippen LogP contribution in [0.4, 0.5) is 5.69 Å². The third kappa shape index (κ3) is 5.33. The summed E-state index contributed by atoms with van der Waals surface area (Å²) >= 11 is 0. The number of anilines is 1. The van der Waals surface area contributed by atoms with Crippen LogP contribution in [0, 0.1) is 34.6 Å². The first-order valence-corrected chi connectivity index (χ1v) is 13.0. The highest BCUT2D eigenvalue weighted by Crippen LogP contribution is 2.27. The number of hydrogen-bond acceptors (Lipinski definition) is 7. The minimum absolute atomic E-state index is 0.159. The Labute approximate surface area is 211 Å². The Hall–Kier alpha value is -3.92. The third-order valence-corrected chi connectivity index (χ3v) is 7.14. The Morgan fingerprint density at radius 1 is 0.944 bits per heavy atom. The van der Waals surface area contributed by atoms with Crippen molar-refractivity contribution in [2.45, 2.75) is 46.4 Å². The number of nitrogens with one attached hydrogen (secondary N) is 1. The van der Waals surface area contributed by atoms with Gasteiger partial charge in [-0.15, -0.1) is 0 Å².